The van der Waals surface area contributed by atoms with Crippen LogP contribution in [0.3, 0.4) is 0 Å². The molecule has 0 radical (unpaired) electrons. The zero-order valence-electron chi connectivity index (χ0n) is 12.8. The average molecular weight is 304 g/mol. The Morgan fingerprint density at radius 1 is 1.33 bits per heavy atom. The van der Waals surface area contributed by atoms with Gasteiger partial charge in [0, 0.05) is 26.0 Å². The van der Waals surface area contributed by atoms with Gasteiger partial charge in [0.25, 0.3) is 0 Å². The van der Waals surface area contributed by atoms with Gasteiger partial charge in [-0.1, -0.05) is 23.9 Å². The van der Waals surface area contributed by atoms with E-state index < -0.39 is 0 Å². The van der Waals surface area contributed by atoms with Crippen LogP contribution in [0.5, 0.6) is 0 Å². The lowest BCUT2D eigenvalue weighted by Crippen LogP contribution is -2.29. The number of fused-ring (bicyclic) bond motifs is 1. The first-order chi connectivity index (χ1) is 10.0. The van der Waals surface area contributed by atoms with E-state index in [9.17, 15) is 4.79 Å². The third-order valence-corrected chi connectivity index (χ3v) is 3.95. The predicted octanol–water partition coefficient (Wildman–Crippen LogP) is 2.63. The summed E-state index contributed by atoms with van der Waals surface area (Å²) in [6, 6.07) is 7.88. The van der Waals surface area contributed by atoms with Gasteiger partial charge in [0.15, 0.2) is 5.16 Å². The molecule has 0 aliphatic carbocycles. The van der Waals surface area contributed by atoms with Crippen molar-refractivity contribution in [1.29, 1.82) is 0 Å². The van der Waals surface area contributed by atoms with Crippen LogP contribution in [0.15, 0.2) is 29.4 Å². The van der Waals surface area contributed by atoms with E-state index in [1.165, 1.54) is 11.8 Å². The normalized spacial score (nSPS) is 12.2. The van der Waals surface area contributed by atoms with Crippen molar-refractivity contribution in [2.24, 2.45) is 0 Å². The summed E-state index contributed by atoms with van der Waals surface area (Å²) >= 11 is 1.38. The highest BCUT2D eigenvalue weighted by molar-refractivity contribution is 8.00. The van der Waals surface area contributed by atoms with Crippen LogP contribution in [0.4, 0.5) is 5.82 Å². The van der Waals surface area contributed by atoms with E-state index in [2.05, 4.69) is 15.3 Å². The maximum atomic E-state index is 12.0. The summed E-state index contributed by atoms with van der Waals surface area (Å²) < 4.78 is 0. The Bertz CT molecular complexity index is 645. The number of para-hydroxylation sites is 1. The van der Waals surface area contributed by atoms with Crippen molar-refractivity contribution in [2.75, 3.05) is 26.0 Å². The van der Waals surface area contributed by atoms with Gasteiger partial charge in [0.05, 0.1) is 10.8 Å². The molecule has 6 heteroatoms. The maximum Gasteiger partial charge on any atom is 0.235 e. The molecule has 1 N–H and O–H groups in total. The smallest absolute Gasteiger partial charge is 0.235 e. The number of carbonyl (C=O) groups excluding carboxylic acids is 1. The van der Waals surface area contributed by atoms with Crippen molar-refractivity contribution >= 4 is 34.4 Å². The molecule has 1 amide bonds. The first kappa shape index (κ1) is 15.6. The van der Waals surface area contributed by atoms with Gasteiger partial charge < -0.3 is 10.2 Å². The number of benzene rings is 1. The third kappa shape index (κ3) is 3.64. The van der Waals surface area contributed by atoms with E-state index in [-0.39, 0.29) is 11.2 Å². The zero-order valence-corrected chi connectivity index (χ0v) is 13.6. The molecule has 0 aliphatic heterocycles. The molecule has 112 valence electrons. The topological polar surface area (TPSA) is 58.1 Å². The van der Waals surface area contributed by atoms with E-state index in [1.807, 2.05) is 38.1 Å². The Labute approximate surface area is 129 Å². The average Bonchev–Trinajstić information content (AvgIpc) is 2.46. The van der Waals surface area contributed by atoms with Crippen molar-refractivity contribution in [1.82, 2.24) is 14.9 Å². The minimum Gasteiger partial charge on any atom is -0.370 e. The van der Waals surface area contributed by atoms with Crippen LogP contribution in [0.25, 0.3) is 10.9 Å². The highest BCUT2D eigenvalue weighted by Gasteiger charge is 2.18. The Morgan fingerprint density at radius 3 is 2.71 bits per heavy atom. The molecule has 2 rings (SSSR count). The minimum absolute atomic E-state index is 0.0572. The van der Waals surface area contributed by atoms with Crippen LogP contribution in [0.1, 0.15) is 13.8 Å². The first-order valence-electron chi connectivity index (χ1n) is 6.91. The van der Waals surface area contributed by atoms with Gasteiger partial charge in [-0.3, -0.25) is 4.79 Å². The van der Waals surface area contributed by atoms with Crippen LogP contribution in [0.2, 0.25) is 0 Å². The molecule has 0 fully saturated rings. The molecule has 0 saturated heterocycles. The number of hydrogen-bond donors (Lipinski definition) is 1. The van der Waals surface area contributed by atoms with Crippen molar-refractivity contribution in [3.63, 3.8) is 0 Å². The molecule has 1 aromatic heterocycles. The standard InChI is InChI=1S/C15H20N4OS/c1-5-16-13-11-8-6-7-9-12(11)17-15(18-13)21-10(2)14(20)19(3)4/h6-10H,5H2,1-4H3,(H,16,17,18). The molecule has 2 aromatic rings. The monoisotopic (exact) mass is 304 g/mol. The number of hydrogen-bond acceptors (Lipinski definition) is 5. The predicted molar refractivity (Wildman–Crippen MR) is 87.7 cm³/mol. The van der Waals surface area contributed by atoms with Gasteiger partial charge in [-0.25, -0.2) is 9.97 Å². The summed E-state index contributed by atoms with van der Waals surface area (Å²) in [5, 5.41) is 4.66. The van der Waals surface area contributed by atoms with Crippen molar-refractivity contribution in [3.8, 4) is 0 Å². The number of carbonyl (C=O) groups is 1. The Hall–Kier alpha value is -1.82. The Morgan fingerprint density at radius 2 is 2.05 bits per heavy atom. The van der Waals surface area contributed by atoms with Gasteiger partial charge in [0.1, 0.15) is 5.82 Å². The second kappa shape index (κ2) is 6.76. The maximum absolute atomic E-state index is 12.0. The van der Waals surface area contributed by atoms with Crippen LogP contribution in [-0.2, 0) is 4.79 Å². The van der Waals surface area contributed by atoms with E-state index >= 15 is 0 Å². The number of amides is 1. The Balaban J connectivity index is 2.34. The lowest BCUT2D eigenvalue weighted by atomic mass is 10.2. The molecular formula is C15H20N4OS. The minimum atomic E-state index is -0.212. The van der Waals surface area contributed by atoms with E-state index in [1.54, 1.807) is 19.0 Å². The number of rotatable bonds is 5. The van der Waals surface area contributed by atoms with Crippen molar-refractivity contribution in [2.45, 2.75) is 24.3 Å². The number of nitrogens with zero attached hydrogens (tertiary/aromatic N) is 3. The van der Waals surface area contributed by atoms with Gasteiger partial charge in [-0.05, 0) is 26.0 Å². The second-order valence-electron chi connectivity index (χ2n) is 4.90. The molecule has 0 aliphatic rings. The largest absolute Gasteiger partial charge is 0.370 e. The highest BCUT2D eigenvalue weighted by Crippen LogP contribution is 2.27. The molecular weight excluding hydrogens is 284 g/mol. The molecule has 0 bridgehead atoms. The highest BCUT2D eigenvalue weighted by atomic mass is 32.2. The molecule has 1 heterocycles. The fraction of sp³-hybridized carbons (Fsp3) is 0.400. The van der Waals surface area contributed by atoms with Crippen LogP contribution in [-0.4, -0.2) is 46.7 Å². The number of anilines is 1. The number of thioether (sulfide) groups is 1. The molecule has 1 aromatic carbocycles. The quantitative estimate of drug-likeness (QED) is 0.680. The van der Waals surface area contributed by atoms with E-state index in [0.717, 1.165) is 23.3 Å². The lowest BCUT2D eigenvalue weighted by molar-refractivity contribution is -0.127. The van der Waals surface area contributed by atoms with Crippen LogP contribution >= 0.6 is 11.8 Å². The zero-order chi connectivity index (χ0) is 15.4. The molecule has 0 saturated carbocycles. The molecule has 1 unspecified atom stereocenters. The van der Waals surface area contributed by atoms with E-state index in [4.69, 9.17) is 0 Å². The summed E-state index contributed by atoms with van der Waals surface area (Å²) in [5.41, 5.74) is 0.885. The van der Waals surface area contributed by atoms with Gasteiger partial charge >= 0.3 is 0 Å². The van der Waals surface area contributed by atoms with Crippen LogP contribution < -0.4 is 5.32 Å². The summed E-state index contributed by atoms with van der Waals surface area (Å²) in [6.07, 6.45) is 0. The molecule has 21 heavy (non-hydrogen) atoms. The Kier molecular flexibility index (Phi) is 5.01. The van der Waals surface area contributed by atoms with Gasteiger partial charge in [-0.15, -0.1) is 0 Å². The fourth-order valence-corrected chi connectivity index (χ4v) is 2.91. The molecule has 1 atom stereocenters. The summed E-state index contributed by atoms with van der Waals surface area (Å²) in [6.45, 7) is 4.69. The molecule has 5 nitrogen and oxygen atoms in total. The lowest BCUT2D eigenvalue weighted by Gasteiger charge is -2.16. The SMILES string of the molecule is CCNc1nc(SC(C)C(=O)N(C)C)nc2ccccc12. The number of nitrogens with one attached hydrogen (secondary N) is 1. The molecule has 0 spiro atoms. The van der Waals surface area contributed by atoms with Gasteiger partial charge in [-0.2, -0.15) is 0 Å². The summed E-state index contributed by atoms with van der Waals surface area (Å²) in [5.74, 6) is 0.872. The fourth-order valence-electron chi connectivity index (χ4n) is 1.98. The first-order valence-corrected chi connectivity index (χ1v) is 7.79. The second-order valence-corrected chi connectivity index (χ2v) is 6.20. The van der Waals surface area contributed by atoms with Crippen molar-refractivity contribution in [3.05, 3.63) is 24.3 Å². The van der Waals surface area contributed by atoms with Crippen molar-refractivity contribution < 1.29 is 4.79 Å². The van der Waals surface area contributed by atoms with Gasteiger partial charge in [0.2, 0.25) is 5.91 Å². The summed E-state index contributed by atoms with van der Waals surface area (Å²) in [4.78, 5) is 22.6. The number of aromatic nitrogens is 2. The third-order valence-electron chi connectivity index (χ3n) is 3.00. The van der Waals surface area contributed by atoms with E-state index in [0.29, 0.717) is 5.16 Å². The summed E-state index contributed by atoms with van der Waals surface area (Å²) in [7, 11) is 3.51. The van der Waals surface area contributed by atoms with Crippen LogP contribution in [0, 0.1) is 0 Å².